The minimum Gasteiger partial charge on any atom is -0.325 e. The number of benzene rings is 2. The molecule has 0 saturated carbocycles. The van der Waals surface area contributed by atoms with Gasteiger partial charge < -0.3 is 10.7 Å². The van der Waals surface area contributed by atoms with E-state index in [9.17, 15) is 4.79 Å². The lowest BCUT2D eigenvalue weighted by molar-refractivity contribution is -0.116. The van der Waals surface area contributed by atoms with Gasteiger partial charge >= 0.3 is 0 Å². The van der Waals surface area contributed by atoms with Crippen LogP contribution < -0.4 is 10.7 Å². The summed E-state index contributed by atoms with van der Waals surface area (Å²) in [5.41, 5.74) is 7.70. The third kappa shape index (κ3) is 4.89. The molecule has 0 bridgehead atoms. The van der Waals surface area contributed by atoms with Crippen LogP contribution in [-0.4, -0.2) is 53.2 Å². The largest absolute Gasteiger partial charge is 0.325 e. The van der Waals surface area contributed by atoms with Crippen molar-refractivity contribution in [2.45, 2.75) is 24.8 Å². The highest BCUT2D eigenvalue weighted by Crippen LogP contribution is 2.43. The Balaban J connectivity index is 1.27. The zero-order chi connectivity index (χ0) is 23.7. The number of hydrazine groups is 1. The van der Waals surface area contributed by atoms with Crippen molar-refractivity contribution in [3.63, 3.8) is 0 Å². The normalized spacial score (nSPS) is 26.8. The SMILES string of the molecule is CC1C=NC=CC1C1c2cc(NC(=O)C3CN(Cc4ccccc4Cl)CCS3)ccc2NN1C. The second kappa shape index (κ2) is 10.1. The van der Waals surface area contributed by atoms with E-state index in [1.54, 1.807) is 11.8 Å². The van der Waals surface area contributed by atoms with Gasteiger partial charge in [0, 0.05) is 61.5 Å². The summed E-state index contributed by atoms with van der Waals surface area (Å²) in [5, 5.41) is 6.01. The highest BCUT2D eigenvalue weighted by molar-refractivity contribution is 8.00. The molecule has 5 rings (SSSR count). The quantitative estimate of drug-likeness (QED) is 0.607. The van der Waals surface area contributed by atoms with Crippen molar-refractivity contribution in [2.24, 2.45) is 16.8 Å². The van der Waals surface area contributed by atoms with Crippen LogP contribution in [0.3, 0.4) is 0 Å². The van der Waals surface area contributed by atoms with Crippen molar-refractivity contribution in [1.82, 2.24) is 9.91 Å². The van der Waals surface area contributed by atoms with E-state index in [0.29, 0.717) is 18.4 Å². The summed E-state index contributed by atoms with van der Waals surface area (Å²) in [6.45, 7) is 4.63. The van der Waals surface area contributed by atoms with Gasteiger partial charge in [0.15, 0.2) is 0 Å². The van der Waals surface area contributed by atoms with Crippen LogP contribution in [0.1, 0.15) is 24.1 Å². The van der Waals surface area contributed by atoms with Crippen LogP contribution in [-0.2, 0) is 11.3 Å². The van der Waals surface area contributed by atoms with Crippen LogP contribution >= 0.6 is 23.4 Å². The third-order valence-electron chi connectivity index (χ3n) is 6.83. The number of aliphatic imine (C=N–C) groups is 1. The first kappa shape index (κ1) is 23.4. The van der Waals surface area contributed by atoms with Crippen molar-refractivity contribution in [2.75, 3.05) is 36.6 Å². The van der Waals surface area contributed by atoms with Crippen molar-refractivity contribution in [3.8, 4) is 0 Å². The molecule has 2 N–H and O–H groups in total. The molecular weight excluding hydrogens is 466 g/mol. The van der Waals surface area contributed by atoms with Gasteiger partial charge in [-0.15, -0.1) is 11.8 Å². The van der Waals surface area contributed by atoms with Gasteiger partial charge in [-0.05, 0) is 41.3 Å². The summed E-state index contributed by atoms with van der Waals surface area (Å²) in [4.78, 5) is 19.8. The monoisotopic (exact) mass is 495 g/mol. The van der Waals surface area contributed by atoms with E-state index in [2.05, 4.69) is 63.9 Å². The molecule has 8 heteroatoms. The Morgan fingerprint density at radius 1 is 1.29 bits per heavy atom. The van der Waals surface area contributed by atoms with Crippen molar-refractivity contribution < 1.29 is 4.79 Å². The Bertz CT molecular complexity index is 1120. The zero-order valence-corrected chi connectivity index (χ0v) is 21.0. The number of fused-ring (bicyclic) bond motifs is 1. The molecule has 0 aromatic heterocycles. The number of thioether (sulfide) groups is 1. The molecule has 0 spiro atoms. The molecule has 1 amide bonds. The molecule has 2 aromatic carbocycles. The van der Waals surface area contributed by atoms with Gasteiger partial charge in [0.05, 0.1) is 17.0 Å². The molecule has 2 aromatic rings. The van der Waals surface area contributed by atoms with E-state index in [1.165, 1.54) is 5.56 Å². The van der Waals surface area contributed by atoms with E-state index in [1.807, 2.05) is 36.7 Å². The molecule has 6 nitrogen and oxygen atoms in total. The first-order chi connectivity index (χ1) is 16.5. The van der Waals surface area contributed by atoms with E-state index in [-0.39, 0.29) is 17.2 Å². The maximum Gasteiger partial charge on any atom is 0.238 e. The van der Waals surface area contributed by atoms with Gasteiger partial charge in [0.25, 0.3) is 0 Å². The average Bonchev–Trinajstić information content (AvgIpc) is 3.16. The maximum absolute atomic E-state index is 13.2. The second-order valence-corrected chi connectivity index (χ2v) is 10.9. The molecule has 0 aliphatic carbocycles. The molecule has 1 saturated heterocycles. The number of anilines is 2. The molecule has 3 heterocycles. The molecule has 3 aliphatic heterocycles. The smallest absolute Gasteiger partial charge is 0.238 e. The Morgan fingerprint density at radius 3 is 2.97 bits per heavy atom. The molecular formula is C26H30ClN5OS. The predicted molar refractivity (Wildman–Crippen MR) is 142 cm³/mol. The first-order valence-corrected chi connectivity index (χ1v) is 13.1. The van der Waals surface area contributed by atoms with Crippen LogP contribution in [0.4, 0.5) is 11.4 Å². The number of carbonyl (C=O) groups excluding carboxylic acids is 1. The summed E-state index contributed by atoms with van der Waals surface area (Å²) < 4.78 is 0. The molecule has 178 valence electrons. The highest BCUT2D eigenvalue weighted by Gasteiger charge is 2.36. The fourth-order valence-electron chi connectivity index (χ4n) is 5.02. The topological polar surface area (TPSA) is 60.0 Å². The van der Waals surface area contributed by atoms with Gasteiger partial charge in [0.1, 0.15) is 0 Å². The summed E-state index contributed by atoms with van der Waals surface area (Å²) >= 11 is 8.08. The Hall–Kier alpha value is -2.32. The second-order valence-electron chi connectivity index (χ2n) is 9.22. The van der Waals surface area contributed by atoms with Crippen LogP contribution in [0.5, 0.6) is 0 Å². The number of hydrogen-bond donors (Lipinski definition) is 2. The van der Waals surface area contributed by atoms with E-state index < -0.39 is 0 Å². The number of nitrogens with one attached hydrogen (secondary N) is 2. The zero-order valence-electron chi connectivity index (χ0n) is 19.4. The molecule has 4 unspecified atom stereocenters. The third-order valence-corrected chi connectivity index (χ3v) is 8.39. The van der Waals surface area contributed by atoms with Crippen molar-refractivity contribution >= 4 is 46.9 Å². The van der Waals surface area contributed by atoms with Gasteiger partial charge in [-0.3, -0.25) is 14.7 Å². The standard InChI is InChI=1S/C26H30ClN5OS/c1-17-14-28-10-9-20(17)25-21-13-19(7-8-23(21)30-31(25)2)29-26(33)24-16-32(11-12-34-24)15-18-5-3-4-6-22(18)27/h3-10,13-14,17,20,24-25,30H,11-12,15-16H2,1-2H3,(H,29,33). The lowest BCUT2D eigenvalue weighted by Crippen LogP contribution is -2.43. The fraction of sp³-hybridized carbons (Fsp3) is 0.385. The molecule has 3 aliphatic rings. The van der Waals surface area contributed by atoms with Crippen LogP contribution in [0.2, 0.25) is 5.02 Å². The average molecular weight is 496 g/mol. The molecule has 1 fully saturated rings. The maximum atomic E-state index is 13.2. The van der Waals surface area contributed by atoms with Gasteiger partial charge in [-0.25, -0.2) is 5.01 Å². The lowest BCUT2D eigenvalue weighted by atomic mass is 9.83. The Morgan fingerprint density at radius 2 is 2.15 bits per heavy atom. The first-order valence-electron chi connectivity index (χ1n) is 11.7. The fourth-order valence-corrected chi connectivity index (χ4v) is 6.39. The summed E-state index contributed by atoms with van der Waals surface area (Å²) in [5.74, 6) is 1.64. The number of amides is 1. The number of nitrogens with zero attached hydrogens (tertiary/aromatic N) is 3. The molecule has 0 radical (unpaired) electrons. The molecule has 34 heavy (non-hydrogen) atoms. The van der Waals surface area contributed by atoms with E-state index >= 15 is 0 Å². The Labute approximate surface area is 210 Å². The number of hydrogen-bond acceptors (Lipinski definition) is 6. The van der Waals surface area contributed by atoms with Gasteiger partial charge in [0.2, 0.25) is 5.91 Å². The number of rotatable bonds is 5. The van der Waals surface area contributed by atoms with Gasteiger partial charge in [-0.1, -0.05) is 42.8 Å². The number of carbonyl (C=O) groups is 1. The minimum atomic E-state index is -0.112. The summed E-state index contributed by atoms with van der Waals surface area (Å²) in [7, 11) is 2.07. The van der Waals surface area contributed by atoms with Crippen molar-refractivity contribution in [1.29, 1.82) is 0 Å². The predicted octanol–water partition coefficient (Wildman–Crippen LogP) is 5.06. The minimum absolute atomic E-state index is 0.0581. The van der Waals surface area contributed by atoms with Crippen LogP contribution in [0.25, 0.3) is 0 Å². The van der Waals surface area contributed by atoms with E-state index in [0.717, 1.165) is 40.8 Å². The molecule has 4 atom stereocenters. The summed E-state index contributed by atoms with van der Waals surface area (Å²) in [6, 6.07) is 14.3. The van der Waals surface area contributed by atoms with Crippen molar-refractivity contribution in [3.05, 3.63) is 70.9 Å². The van der Waals surface area contributed by atoms with Crippen LogP contribution in [0, 0.1) is 11.8 Å². The van der Waals surface area contributed by atoms with Gasteiger partial charge in [-0.2, -0.15) is 0 Å². The Kier molecular flexibility index (Phi) is 6.97. The lowest BCUT2D eigenvalue weighted by Gasteiger charge is -2.32. The van der Waals surface area contributed by atoms with Crippen LogP contribution in [0.15, 0.2) is 59.7 Å². The van der Waals surface area contributed by atoms with E-state index in [4.69, 9.17) is 11.6 Å². The summed E-state index contributed by atoms with van der Waals surface area (Å²) in [6.07, 6.45) is 6.08. The highest BCUT2D eigenvalue weighted by atomic mass is 35.5. The number of halogens is 1.